The zero-order chi connectivity index (χ0) is 12.0. The normalized spacial score (nSPS) is 13.8. The lowest BCUT2D eigenvalue weighted by atomic mass is 9.97. The van der Waals surface area contributed by atoms with Crippen LogP contribution < -0.4 is 11.1 Å². The number of hydrogen-bond acceptors (Lipinski definition) is 2. The predicted molar refractivity (Wildman–Crippen MR) is 70.4 cm³/mol. The van der Waals surface area contributed by atoms with Crippen LogP contribution in [-0.4, -0.2) is 19.1 Å². The molecule has 0 amide bonds. The van der Waals surface area contributed by atoms with Gasteiger partial charge < -0.3 is 11.1 Å². The van der Waals surface area contributed by atoms with Crippen LogP contribution >= 0.6 is 0 Å². The van der Waals surface area contributed by atoms with Crippen molar-refractivity contribution in [1.82, 2.24) is 5.32 Å². The van der Waals surface area contributed by atoms with E-state index in [9.17, 15) is 0 Å². The van der Waals surface area contributed by atoms with Crippen molar-refractivity contribution in [3.63, 3.8) is 0 Å². The summed E-state index contributed by atoms with van der Waals surface area (Å²) >= 11 is 0. The van der Waals surface area contributed by atoms with Crippen LogP contribution in [0.4, 0.5) is 0 Å². The molecular weight excluding hydrogens is 196 g/mol. The van der Waals surface area contributed by atoms with Crippen LogP contribution in [0.2, 0.25) is 0 Å². The van der Waals surface area contributed by atoms with Crippen LogP contribution in [-0.2, 0) is 6.42 Å². The van der Waals surface area contributed by atoms with Crippen molar-refractivity contribution >= 4 is 0 Å². The highest BCUT2D eigenvalue weighted by atomic mass is 14.9. The minimum Gasteiger partial charge on any atom is -0.326 e. The van der Waals surface area contributed by atoms with Gasteiger partial charge in [0.2, 0.25) is 0 Å². The second kappa shape index (κ2) is 6.02. The monoisotopic (exact) mass is 220 g/mol. The van der Waals surface area contributed by atoms with Gasteiger partial charge in [0.05, 0.1) is 0 Å². The predicted octanol–water partition coefficient (Wildman–Crippen LogP) is 2.19. The number of rotatable bonds is 5. The molecule has 0 aromatic heterocycles. The standard InChI is InChI=1S/C14H24N2/c1-14(2,3)11-16-10-13(15)9-12-7-5-4-6-8-12/h4-8,13,16H,9-11,15H2,1-3H3. The Morgan fingerprint density at radius 3 is 2.38 bits per heavy atom. The van der Waals surface area contributed by atoms with E-state index in [0.717, 1.165) is 19.5 Å². The Morgan fingerprint density at radius 1 is 1.19 bits per heavy atom. The fourth-order valence-corrected chi connectivity index (χ4v) is 1.62. The van der Waals surface area contributed by atoms with Crippen LogP contribution in [0.3, 0.4) is 0 Å². The Labute approximate surface area is 99.2 Å². The fraction of sp³-hybridized carbons (Fsp3) is 0.571. The Kier molecular flexibility index (Phi) is 4.97. The molecule has 0 heterocycles. The Morgan fingerprint density at radius 2 is 1.81 bits per heavy atom. The molecular formula is C14H24N2. The van der Waals surface area contributed by atoms with Crippen molar-refractivity contribution in [3.05, 3.63) is 35.9 Å². The number of nitrogens with one attached hydrogen (secondary N) is 1. The average molecular weight is 220 g/mol. The van der Waals surface area contributed by atoms with Gasteiger partial charge in [-0.3, -0.25) is 0 Å². The maximum absolute atomic E-state index is 6.07. The first-order valence-electron chi connectivity index (χ1n) is 5.97. The van der Waals surface area contributed by atoms with Crippen molar-refractivity contribution < 1.29 is 0 Å². The first-order chi connectivity index (χ1) is 7.47. The lowest BCUT2D eigenvalue weighted by Crippen LogP contribution is -2.38. The molecule has 0 aliphatic heterocycles. The van der Waals surface area contributed by atoms with Crippen LogP contribution in [0, 0.1) is 5.41 Å². The van der Waals surface area contributed by atoms with Gasteiger partial charge in [0.25, 0.3) is 0 Å². The highest BCUT2D eigenvalue weighted by Gasteiger charge is 2.10. The Bertz CT molecular complexity index is 287. The van der Waals surface area contributed by atoms with Gasteiger partial charge in [-0.25, -0.2) is 0 Å². The summed E-state index contributed by atoms with van der Waals surface area (Å²) in [6, 6.07) is 10.6. The van der Waals surface area contributed by atoms with Gasteiger partial charge in [-0.2, -0.15) is 0 Å². The fourth-order valence-electron chi connectivity index (χ4n) is 1.62. The highest BCUT2D eigenvalue weighted by Crippen LogP contribution is 2.10. The van der Waals surface area contributed by atoms with Crippen molar-refractivity contribution in [2.75, 3.05) is 13.1 Å². The lowest BCUT2D eigenvalue weighted by Gasteiger charge is -2.20. The molecule has 3 N–H and O–H groups in total. The van der Waals surface area contributed by atoms with E-state index in [0.29, 0.717) is 5.41 Å². The molecule has 0 bridgehead atoms. The molecule has 90 valence electrons. The summed E-state index contributed by atoms with van der Waals surface area (Å²) in [4.78, 5) is 0. The van der Waals surface area contributed by atoms with Gasteiger partial charge in [0, 0.05) is 19.1 Å². The third-order valence-corrected chi connectivity index (χ3v) is 2.40. The third-order valence-electron chi connectivity index (χ3n) is 2.40. The van der Waals surface area contributed by atoms with Crippen molar-refractivity contribution in [2.45, 2.75) is 33.2 Å². The minimum atomic E-state index is 0.199. The molecule has 16 heavy (non-hydrogen) atoms. The molecule has 0 aliphatic carbocycles. The minimum absolute atomic E-state index is 0.199. The number of nitrogens with two attached hydrogens (primary N) is 1. The molecule has 0 saturated heterocycles. The molecule has 1 aromatic carbocycles. The average Bonchev–Trinajstić information content (AvgIpc) is 2.17. The lowest BCUT2D eigenvalue weighted by molar-refractivity contribution is 0.373. The van der Waals surface area contributed by atoms with E-state index >= 15 is 0 Å². The van der Waals surface area contributed by atoms with Crippen LogP contribution in [0.15, 0.2) is 30.3 Å². The van der Waals surface area contributed by atoms with Crippen molar-refractivity contribution in [2.24, 2.45) is 11.1 Å². The van der Waals surface area contributed by atoms with Gasteiger partial charge in [0.1, 0.15) is 0 Å². The van der Waals surface area contributed by atoms with Crippen LogP contribution in [0.25, 0.3) is 0 Å². The molecule has 1 atom stereocenters. The van der Waals surface area contributed by atoms with E-state index in [1.54, 1.807) is 0 Å². The number of benzene rings is 1. The molecule has 2 nitrogen and oxygen atoms in total. The molecule has 0 fully saturated rings. The van der Waals surface area contributed by atoms with Gasteiger partial charge in [-0.05, 0) is 17.4 Å². The van der Waals surface area contributed by atoms with Crippen LogP contribution in [0.5, 0.6) is 0 Å². The van der Waals surface area contributed by atoms with Gasteiger partial charge in [0.15, 0.2) is 0 Å². The topological polar surface area (TPSA) is 38.0 Å². The van der Waals surface area contributed by atoms with E-state index < -0.39 is 0 Å². The maximum atomic E-state index is 6.07. The second-order valence-corrected chi connectivity index (χ2v) is 5.64. The van der Waals surface area contributed by atoms with Crippen LogP contribution in [0.1, 0.15) is 26.3 Å². The van der Waals surface area contributed by atoms with E-state index in [-0.39, 0.29) is 6.04 Å². The summed E-state index contributed by atoms with van der Waals surface area (Å²) < 4.78 is 0. The zero-order valence-electron chi connectivity index (χ0n) is 10.7. The summed E-state index contributed by atoms with van der Waals surface area (Å²) in [6.45, 7) is 8.57. The quantitative estimate of drug-likeness (QED) is 0.798. The third kappa shape index (κ3) is 5.89. The Hall–Kier alpha value is -0.860. The van der Waals surface area contributed by atoms with Gasteiger partial charge >= 0.3 is 0 Å². The van der Waals surface area contributed by atoms with Crippen molar-refractivity contribution in [1.29, 1.82) is 0 Å². The molecule has 2 heteroatoms. The molecule has 0 aliphatic rings. The smallest absolute Gasteiger partial charge is 0.0206 e. The molecule has 0 spiro atoms. The van der Waals surface area contributed by atoms with Crippen molar-refractivity contribution in [3.8, 4) is 0 Å². The molecule has 1 aromatic rings. The molecule has 0 saturated carbocycles. The molecule has 1 rings (SSSR count). The van der Waals surface area contributed by atoms with E-state index in [4.69, 9.17) is 5.73 Å². The summed E-state index contributed by atoms with van der Waals surface area (Å²) in [5.74, 6) is 0. The maximum Gasteiger partial charge on any atom is 0.0206 e. The first kappa shape index (κ1) is 13.2. The first-order valence-corrected chi connectivity index (χ1v) is 5.97. The summed E-state index contributed by atoms with van der Waals surface area (Å²) in [7, 11) is 0. The van der Waals surface area contributed by atoms with Gasteiger partial charge in [-0.15, -0.1) is 0 Å². The molecule has 1 unspecified atom stereocenters. The Balaban J connectivity index is 2.24. The zero-order valence-corrected chi connectivity index (χ0v) is 10.7. The highest BCUT2D eigenvalue weighted by molar-refractivity contribution is 5.15. The molecule has 0 radical (unpaired) electrons. The van der Waals surface area contributed by atoms with E-state index in [1.807, 2.05) is 6.07 Å². The van der Waals surface area contributed by atoms with Gasteiger partial charge in [-0.1, -0.05) is 51.1 Å². The summed E-state index contributed by atoms with van der Waals surface area (Å²) in [6.07, 6.45) is 0.942. The largest absolute Gasteiger partial charge is 0.326 e. The summed E-state index contributed by atoms with van der Waals surface area (Å²) in [5, 5.41) is 3.42. The number of hydrogen-bond donors (Lipinski definition) is 2. The van der Waals surface area contributed by atoms with E-state index in [1.165, 1.54) is 5.56 Å². The van der Waals surface area contributed by atoms with E-state index in [2.05, 4.69) is 50.4 Å². The summed E-state index contributed by atoms with van der Waals surface area (Å²) in [5.41, 5.74) is 7.71. The SMILES string of the molecule is CC(C)(C)CNCC(N)Cc1ccccc1. The second-order valence-electron chi connectivity index (χ2n) is 5.64.